The van der Waals surface area contributed by atoms with Gasteiger partial charge in [-0.3, -0.25) is 4.79 Å². The third-order valence-electron chi connectivity index (χ3n) is 3.31. The van der Waals surface area contributed by atoms with E-state index in [1.807, 2.05) is 0 Å². The Kier molecular flexibility index (Phi) is 7.11. The number of rotatable bonds is 8. The summed E-state index contributed by atoms with van der Waals surface area (Å²) < 4.78 is 21.1. The Balaban J connectivity index is 1.96. The number of hydrogen-bond donors (Lipinski definition) is 1. The lowest BCUT2D eigenvalue weighted by Crippen LogP contribution is -2.24. The number of nitrogens with one attached hydrogen (secondary N) is 1. The van der Waals surface area contributed by atoms with Crippen LogP contribution >= 0.6 is 11.6 Å². The predicted molar refractivity (Wildman–Crippen MR) is 98.8 cm³/mol. The molecule has 0 saturated carbocycles. The van der Waals surface area contributed by atoms with Crippen LogP contribution < -0.4 is 24.4 Å². The Bertz CT molecular complexity index is 778. The lowest BCUT2D eigenvalue weighted by Gasteiger charge is -2.11. The van der Waals surface area contributed by atoms with E-state index in [0.29, 0.717) is 33.6 Å². The molecule has 8 heteroatoms. The van der Waals surface area contributed by atoms with E-state index in [-0.39, 0.29) is 6.61 Å². The molecule has 0 fully saturated rings. The van der Waals surface area contributed by atoms with E-state index in [1.165, 1.54) is 27.5 Å². The van der Waals surface area contributed by atoms with Crippen molar-refractivity contribution in [2.24, 2.45) is 5.10 Å². The lowest BCUT2D eigenvalue weighted by molar-refractivity contribution is -0.123. The highest BCUT2D eigenvalue weighted by Gasteiger charge is 2.10. The van der Waals surface area contributed by atoms with Crippen LogP contribution in [0.15, 0.2) is 41.5 Å². The predicted octanol–water partition coefficient (Wildman–Crippen LogP) is 2.89. The van der Waals surface area contributed by atoms with Crippen LogP contribution in [0.25, 0.3) is 0 Å². The quantitative estimate of drug-likeness (QED) is 0.564. The molecule has 0 aliphatic carbocycles. The zero-order valence-corrected chi connectivity index (χ0v) is 15.4. The van der Waals surface area contributed by atoms with Crippen LogP contribution in [0.1, 0.15) is 5.56 Å². The Morgan fingerprint density at radius 1 is 1.04 bits per heavy atom. The van der Waals surface area contributed by atoms with Crippen LogP contribution in [0.2, 0.25) is 5.02 Å². The van der Waals surface area contributed by atoms with Gasteiger partial charge in [0.25, 0.3) is 5.91 Å². The van der Waals surface area contributed by atoms with E-state index >= 15 is 0 Å². The first-order chi connectivity index (χ1) is 12.6. The molecule has 0 bridgehead atoms. The molecule has 0 unspecified atom stereocenters. The standard InChI is InChI=1S/C18H19ClN2O5/c1-23-15-9-17(25-3)16(24-2)8-12(15)10-20-21-18(22)11-26-14-6-4-13(19)5-7-14/h4-10H,11H2,1-3H3,(H,21,22)/b20-10-. The summed E-state index contributed by atoms with van der Waals surface area (Å²) in [6, 6.07) is 10.1. The second kappa shape index (κ2) is 9.53. The largest absolute Gasteiger partial charge is 0.496 e. The topological polar surface area (TPSA) is 78.4 Å². The highest BCUT2D eigenvalue weighted by Crippen LogP contribution is 2.33. The van der Waals surface area contributed by atoms with Gasteiger partial charge in [-0.2, -0.15) is 5.10 Å². The number of carbonyl (C=O) groups is 1. The molecule has 2 rings (SSSR count). The molecule has 0 heterocycles. The molecule has 0 aliphatic rings. The van der Waals surface area contributed by atoms with E-state index in [9.17, 15) is 4.79 Å². The Morgan fingerprint density at radius 3 is 2.27 bits per heavy atom. The highest BCUT2D eigenvalue weighted by molar-refractivity contribution is 6.30. The summed E-state index contributed by atoms with van der Waals surface area (Å²) in [5.74, 6) is 1.71. The van der Waals surface area contributed by atoms with Crippen molar-refractivity contribution in [3.05, 3.63) is 47.0 Å². The molecule has 1 N–H and O–H groups in total. The normalized spacial score (nSPS) is 10.5. The summed E-state index contributed by atoms with van der Waals surface area (Å²) in [5, 5.41) is 4.50. The van der Waals surface area contributed by atoms with Crippen molar-refractivity contribution in [2.45, 2.75) is 0 Å². The molecule has 0 aliphatic heterocycles. The maximum atomic E-state index is 11.8. The molecule has 0 spiro atoms. The number of carbonyl (C=O) groups excluding carboxylic acids is 1. The monoisotopic (exact) mass is 378 g/mol. The van der Waals surface area contributed by atoms with Crippen molar-refractivity contribution in [2.75, 3.05) is 27.9 Å². The molecule has 7 nitrogen and oxygen atoms in total. The summed E-state index contributed by atoms with van der Waals surface area (Å²) in [4.78, 5) is 11.8. The van der Waals surface area contributed by atoms with Crippen molar-refractivity contribution in [1.82, 2.24) is 5.43 Å². The molecule has 0 atom stereocenters. The average molecular weight is 379 g/mol. The molecular formula is C18H19ClN2O5. The van der Waals surface area contributed by atoms with Crippen LogP contribution in [0, 0.1) is 0 Å². The maximum Gasteiger partial charge on any atom is 0.277 e. The fourth-order valence-corrected chi connectivity index (χ4v) is 2.17. The Hall–Kier alpha value is -2.93. The van der Waals surface area contributed by atoms with Gasteiger partial charge in [-0.15, -0.1) is 0 Å². The van der Waals surface area contributed by atoms with Crippen molar-refractivity contribution in [3.8, 4) is 23.0 Å². The molecule has 2 aromatic carbocycles. The molecule has 26 heavy (non-hydrogen) atoms. The fraction of sp³-hybridized carbons (Fsp3) is 0.222. The zero-order chi connectivity index (χ0) is 18.9. The van der Waals surface area contributed by atoms with Gasteiger partial charge in [0.15, 0.2) is 18.1 Å². The number of nitrogens with zero attached hydrogens (tertiary/aromatic N) is 1. The van der Waals surface area contributed by atoms with Gasteiger partial charge in [-0.25, -0.2) is 5.43 Å². The van der Waals surface area contributed by atoms with Crippen LogP contribution in [0.5, 0.6) is 23.0 Å². The van der Waals surface area contributed by atoms with Gasteiger partial charge in [-0.05, 0) is 30.3 Å². The smallest absolute Gasteiger partial charge is 0.277 e. The third-order valence-corrected chi connectivity index (χ3v) is 3.56. The van der Waals surface area contributed by atoms with E-state index in [4.69, 9.17) is 30.5 Å². The maximum absolute atomic E-state index is 11.8. The number of methoxy groups -OCH3 is 3. The van der Waals surface area contributed by atoms with E-state index in [1.54, 1.807) is 36.4 Å². The van der Waals surface area contributed by atoms with Gasteiger partial charge in [0.05, 0.1) is 27.5 Å². The molecular weight excluding hydrogens is 360 g/mol. The number of benzene rings is 2. The zero-order valence-electron chi connectivity index (χ0n) is 14.6. The van der Waals surface area contributed by atoms with Gasteiger partial charge < -0.3 is 18.9 Å². The third kappa shape index (κ3) is 5.29. The number of amides is 1. The molecule has 0 aromatic heterocycles. The number of hydrazone groups is 1. The first kappa shape index (κ1) is 19.4. The number of hydrogen-bond acceptors (Lipinski definition) is 6. The minimum absolute atomic E-state index is 0.179. The summed E-state index contributed by atoms with van der Waals surface area (Å²) in [7, 11) is 4.59. The second-order valence-corrected chi connectivity index (χ2v) is 5.42. The van der Waals surface area contributed by atoms with Crippen molar-refractivity contribution in [1.29, 1.82) is 0 Å². The van der Waals surface area contributed by atoms with E-state index in [0.717, 1.165) is 0 Å². The Morgan fingerprint density at radius 2 is 1.65 bits per heavy atom. The number of halogens is 1. The lowest BCUT2D eigenvalue weighted by atomic mass is 10.2. The summed E-state index contributed by atoms with van der Waals surface area (Å²) in [6.45, 7) is -0.179. The van der Waals surface area contributed by atoms with Crippen LogP contribution in [0.4, 0.5) is 0 Å². The molecule has 138 valence electrons. The van der Waals surface area contributed by atoms with Crippen LogP contribution in [-0.4, -0.2) is 40.1 Å². The van der Waals surface area contributed by atoms with Crippen LogP contribution in [-0.2, 0) is 4.79 Å². The van der Waals surface area contributed by atoms with Gasteiger partial charge in [0, 0.05) is 16.7 Å². The minimum Gasteiger partial charge on any atom is -0.496 e. The Labute approximate surface area is 156 Å². The molecule has 0 saturated heterocycles. The SMILES string of the molecule is COc1cc(OC)c(OC)cc1/C=N\NC(=O)COc1ccc(Cl)cc1. The van der Waals surface area contributed by atoms with Crippen molar-refractivity contribution in [3.63, 3.8) is 0 Å². The van der Waals surface area contributed by atoms with Crippen molar-refractivity contribution < 1.29 is 23.7 Å². The average Bonchev–Trinajstić information content (AvgIpc) is 2.67. The highest BCUT2D eigenvalue weighted by atomic mass is 35.5. The number of ether oxygens (including phenoxy) is 4. The van der Waals surface area contributed by atoms with E-state index in [2.05, 4.69) is 10.5 Å². The minimum atomic E-state index is -0.407. The van der Waals surface area contributed by atoms with E-state index < -0.39 is 5.91 Å². The van der Waals surface area contributed by atoms with Crippen molar-refractivity contribution >= 4 is 23.7 Å². The first-order valence-electron chi connectivity index (χ1n) is 7.57. The molecule has 1 amide bonds. The second-order valence-electron chi connectivity index (χ2n) is 4.98. The van der Waals surface area contributed by atoms with Gasteiger partial charge in [0.2, 0.25) is 0 Å². The summed E-state index contributed by atoms with van der Waals surface area (Å²) in [6.07, 6.45) is 1.45. The first-order valence-corrected chi connectivity index (χ1v) is 7.95. The van der Waals surface area contributed by atoms with Crippen LogP contribution in [0.3, 0.4) is 0 Å². The van der Waals surface area contributed by atoms with Gasteiger partial charge in [0.1, 0.15) is 11.5 Å². The van der Waals surface area contributed by atoms with Gasteiger partial charge in [-0.1, -0.05) is 11.6 Å². The molecule has 2 aromatic rings. The fourth-order valence-electron chi connectivity index (χ4n) is 2.04. The summed E-state index contributed by atoms with van der Waals surface area (Å²) >= 11 is 5.79. The molecule has 0 radical (unpaired) electrons. The summed E-state index contributed by atoms with van der Waals surface area (Å²) in [5.41, 5.74) is 3.00. The van der Waals surface area contributed by atoms with Gasteiger partial charge >= 0.3 is 0 Å².